The number of halogens is 1. The van der Waals surface area contributed by atoms with Crippen molar-refractivity contribution in [3.8, 4) is 0 Å². The minimum atomic E-state index is -1.24. The van der Waals surface area contributed by atoms with Crippen LogP contribution < -0.4 is 27.0 Å². The van der Waals surface area contributed by atoms with Gasteiger partial charge in [0.15, 0.2) is 5.58 Å². The number of piperazine rings is 1. The summed E-state index contributed by atoms with van der Waals surface area (Å²) in [5.41, 5.74) is 9.98. The standard InChI is InChI=1S/C22H25ClN8O2/c1-13-11-26-22(24,14-9-16(23)20(25-12-14)31-7-5-30(2)6-8-31)29-19(13)27-15-3-4-18-17(10-15)28-21(32)33-18/h3-4,9-12,27,29H,5-8,24H2,1-2H3,(H,28,32). The molecule has 0 amide bonds. The number of oxazole rings is 1. The van der Waals surface area contributed by atoms with Crippen LogP contribution in [-0.2, 0) is 5.79 Å². The SMILES string of the molecule is CC1=C(Nc2ccc3oc(=O)[nH]c3c2)NC(N)(c2cnc(N3CCN(C)CC3)c(Cl)c2)N=C1. The zero-order chi connectivity index (χ0) is 23.2. The Labute approximate surface area is 195 Å². The lowest BCUT2D eigenvalue weighted by Gasteiger charge is -2.35. The summed E-state index contributed by atoms with van der Waals surface area (Å²) in [5.74, 6) is -0.306. The van der Waals surface area contributed by atoms with Crippen molar-refractivity contribution >= 4 is 40.4 Å². The molecule has 1 aromatic carbocycles. The lowest BCUT2D eigenvalue weighted by atomic mass is 10.1. The van der Waals surface area contributed by atoms with E-state index in [4.69, 9.17) is 21.8 Å². The molecule has 2 aromatic heterocycles. The lowest BCUT2D eigenvalue weighted by Crippen LogP contribution is -2.52. The number of fused-ring (bicyclic) bond motifs is 1. The second-order valence-corrected chi connectivity index (χ2v) is 8.78. The van der Waals surface area contributed by atoms with Gasteiger partial charge in [0.25, 0.3) is 0 Å². The average Bonchev–Trinajstić information content (AvgIpc) is 3.16. The molecule has 1 atom stereocenters. The van der Waals surface area contributed by atoms with E-state index < -0.39 is 11.5 Å². The van der Waals surface area contributed by atoms with Crippen LogP contribution in [0.15, 0.2) is 56.1 Å². The first kappa shape index (κ1) is 21.5. The summed E-state index contributed by atoms with van der Waals surface area (Å²) in [6.07, 6.45) is 3.42. The second-order valence-electron chi connectivity index (χ2n) is 8.38. The van der Waals surface area contributed by atoms with Crippen molar-refractivity contribution in [3.63, 3.8) is 0 Å². The Morgan fingerprint density at radius 1 is 1.24 bits per heavy atom. The third-order valence-corrected chi connectivity index (χ3v) is 6.20. The van der Waals surface area contributed by atoms with Crippen LogP contribution in [0.25, 0.3) is 11.1 Å². The van der Waals surface area contributed by atoms with Gasteiger partial charge in [-0.3, -0.25) is 10.7 Å². The third-order valence-electron chi connectivity index (χ3n) is 5.92. The molecule has 0 spiro atoms. The van der Waals surface area contributed by atoms with Gasteiger partial charge in [-0.05, 0) is 38.2 Å². The number of allylic oxidation sites excluding steroid dienone is 1. The molecule has 172 valence electrons. The molecule has 2 aliphatic rings. The molecule has 0 aliphatic carbocycles. The summed E-state index contributed by atoms with van der Waals surface area (Å²) in [5, 5.41) is 7.11. The van der Waals surface area contributed by atoms with Gasteiger partial charge in [0, 0.05) is 55.4 Å². The number of pyridine rings is 1. The van der Waals surface area contributed by atoms with E-state index in [0.29, 0.717) is 27.5 Å². The summed E-state index contributed by atoms with van der Waals surface area (Å²) in [6, 6.07) is 7.13. The Morgan fingerprint density at radius 3 is 2.79 bits per heavy atom. The fourth-order valence-corrected chi connectivity index (χ4v) is 4.21. The Hall–Kier alpha value is -3.34. The molecule has 0 saturated carbocycles. The van der Waals surface area contributed by atoms with Gasteiger partial charge in [-0.2, -0.15) is 0 Å². The van der Waals surface area contributed by atoms with E-state index in [0.717, 1.165) is 43.3 Å². The van der Waals surface area contributed by atoms with Crippen LogP contribution in [-0.4, -0.2) is 54.3 Å². The van der Waals surface area contributed by atoms with Gasteiger partial charge < -0.3 is 24.9 Å². The zero-order valence-corrected chi connectivity index (χ0v) is 19.1. The molecule has 4 heterocycles. The van der Waals surface area contributed by atoms with E-state index in [9.17, 15) is 4.79 Å². The van der Waals surface area contributed by atoms with E-state index in [1.807, 2.05) is 19.1 Å². The number of aromatic amines is 1. The van der Waals surface area contributed by atoms with E-state index in [1.165, 1.54) is 0 Å². The summed E-state index contributed by atoms with van der Waals surface area (Å²) in [6.45, 7) is 5.58. The van der Waals surface area contributed by atoms with Crippen LogP contribution in [0.4, 0.5) is 11.5 Å². The number of benzene rings is 1. The van der Waals surface area contributed by atoms with Gasteiger partial charge >= 0.3 is 5.76 Å². The number of H-pyrrole nitrogens is 1. The number of rotatable bonds is 4. The first-order valence-electron chi connectivity index (χ1n) is 10.6. The number of aromatic nitrogens is 2. The van der Waals surface area contributed by atoms with Gasteiger partial charge in [-0.1, -0.05) is 11.6 Å². The van der Waals surface area contributed by atoms with Crippen LogP contribution in [0.2, 0.25) is 5.02 Å². The lowest BCUT2D eigenvalue weighted by molar-refractivity contribution is 0.312. The highest BCUT2D eigenvalue weighted by atomic mass is 35.5. The summed E-state index contributed by atoms with van der Waals surface area (Å²) in [7, 11) is 2.11. The van der Waals surface area contributed by atoms with Crippen molar-refractivity contribution < 1.29 is 4.42 Å². The number of nitrogens with zero attached hydrogens (tertiary/aromatic N) is 4. The summed E-state index contributed by atoms with van der Waals surface area (Å²) in [4.78, 5) is 27.7. The number of anilines is 2. The Kier molecular flexibility index (Phi) is 5.35. The van der Waals surface area contributed by atoms with E-state index >= 15 is 0 Å². The summed E-state index contributed by atoms with van der Waals surface area (Å²) >= 11 is 6.61. The molecule has 0 radical (unpaired) electrons. The highest BCUT2D eigenvalue weighted by molar-refractivity contribution is 6.33. The van der Waals surface area contributed by atoms with Gasteiger partial charge in [0.05, 0.1) is 10.5 Å². The molecular weight excluding hydrogens is 444 g/mol. The highest BCUT2D eigenvalue weighted by Gasteiger charge is 2.32. The Morgan fingerprint density at radius 2 is 2.03 bits per heavy atom. The molecule has 2 aliphatic heterocycles. The number of hydrogen-bond donors (Lipinski definition) is 4. The van der Waals surface area contributed by atoms with Crippen molar-refractivity contribution in [2.24, 2.45) is 10.7 Å². The predicted molar refractivity (Wildman–Crippen MR) is 130 cm³/mol. The number of likely N-dealkylation sites (N-methyl/N-ethyl adjacent to an activating group) is 1. The molecule has 33 heavy (non-hydrogen) atoms. The molecule has 5 rings (SSSR count). The van der Waals surface area contributed by atoms with Crippen molar-refractivity contribution in [3.05, 3.63) is 63.0 Å². The maximum Gasteiger partial charge on any atom is 0.417 e. The van der Waals surface area contributed by atoms with Crippen LogP contribution in [0, 0.1) is 0 Å². The number of nitrogens with two attached hydrogens (primary N) is 1. The van der Waals surface area contributed by atoms with E-state index in [1.54, 1.807) is 24.5 Å². The minimum Gasteiger partial charge on any atom is -0.408 e. The van der Waals surface area contributed by atoms with E-state index in [-0.39, 0.29) is 0 Å². The fraction of sp³-hybridized carbons (Fsp3) is 0.318. The molecule has 1 saturated heterocycles. The molecule has 3 aromatic rings. The average molecular weight is 469 g/mol. The van der Waals surface area contributed by atoms with Crippen molar-refractivity contribution in [1.82, 2.24) is 20.2 Å². The Bertz CT molecular complexity index is 1320. The number of nitrogens with one attached hydrogen (secondary N) is 3. The first-order chi connectivity index (χ1) is 15.8. The first-order valence-corrected chi connectivity index (χ1v) is 11.0. The van der Waals surface area contributed by atoms with Crippen LogP contribution in [0.3, 0.4) is 0 Å². The van der Waals surface area contributed by atoms with E-state index in [2.05, 4.69) is 42.4 Å². The molecule has 0 bridgehead atoms. The van der Waals surface area contributed by atoms with Crippen LogP contribution in [0.1, 0.15) is 12.5 Å². The quantitative estimate of drug-likeness (QED) is 0.458. The number of hydrogen-bond acceptors (Lipinski definition) is 9. The highest BCUT2D eigenvalue weighted by Crippen LogP contribution is 2.30. The monoisotopic (exact) mass is 468 g/mol. The maximum atomic E-state index is 11.4. The molecular formula is C22H25ClN8O2. The third kappa shape index (κ3) is 4.20. The largest absolute Gasteiger partial charge is 0.417 e. The fourth-order valence-electron chi connectivity index (χ4n) is 3.93. The normalized spacial score (nSPS) is 21.5. The smallest absolute Gasteiger partial charge is 0.408 e. The van der Waals surface area contributed by atoms with Crippen LogP contribution >= 0.6 is 11.6 Å². The van der Waals surface area contributed by atoms with Gasteiger partial charge in [-0.15, -0.1) is 0 Å². The molecule has 11 heteroatoms. The number of aliphatic imine (C=N–C) groups is 1. The van der Waals surface area contributed by atoms with Gasteiger partial charge in [0.1, 0.15) is 11.6 Å². The topological polar surface area (TPSA) is 128 Å². The molecule has 5 N–H and O–H groups in total. The Balaban J connectivity index is 1.37. The van der Waals surface area contributed by atoms with Crippen LogP contribution in [0.5, 0.6) is 0 Å². The van der Waals surface area contributed by atoms with Crippen molar-refractivity contribution in [2.45, 2.75) is 12.7 Å². The van der Waals surface area contributed by atoms with Crippen molar-refractivity contribution in [1.29, 1.82) is 0 Å². The molecule has 10 nitrogen and oxygen atoms in total. The molecule has 1 fully saturated rings. The van der Waals surface area contributed by atoms with Crippen molar-refractivity contribution in [2.75, 3.05) is 43.4 Å². The van der Waals surface area contributed by atoms with Gasteiger partial charge in [-0.25, -0.2) is 14.8 Å². The maximum absolute atomic E-state index is 11.4. The zero-order valence-electron chi connectivity index (χ0n) is 18.4. The minimum absolute atomic E-state index is 0.490. The summed E-state index contributed by atoms with van der Waals surface area (Å²) < 4.78 is 5.06. The second kappa shape index (κ2) is 8.22. The van der Waals surface area contributed by atoms with Gasteiger partial charge in [0.2, 0.25) is 5.79 Å². The molecule has 1 unspecified atom stereocenters. The predicted octanol–water partition coefficient (Wildman–Crippen LogP) is 2.01.